The zero-order valence-electron chi connectivity index (χ0n) is 12.7. The first kappa shape index (κ1) is 14.4. The van der Waals surface area contributed by atoms with Crippen molar-refractivity contribution in [3.8, 4) is 11.3 Å². The summed E-state index contributed by atoms with van der Waals surface area (Å²) >= 11 is 0. The maximum Gasteiger partial charge on any atom is 0.251 e. The Hall–Kier alpha value is -2.03. The minimum Gasteiger partial charge on any atom is -0.375 e. The number of aryl methyl sites for hydroxylation is 2. The smallest absolute Gasteiger partial charge is 0.251 e. The van der Waals surface area contributed by atoms with E-state index in [1.165, 1.54) is 11.3 Å². The lowest BCUT2D eigenvalue weighted by atomic mass is 10.0. The quantitative estimate of drug-likeness (QED) is 0.924. The van der Waals surface area contributed by atoms with Crippen molar-refractivity contribution in [2.24, 2.45) is 0 Å². The molecule has 0 saturated carbocycles. The molecule has 0 saturated heterocycles. The first-order valence-corrected chi connectivity index (χ1v) is 7.11. The Morgan fingerprint density at radius 1 is 1.15 bits per heavy atom. The van der Waals surface area contributed by atoms with E-state index in [0.29, 0.717) is 0 Å². The van der Waals surface area contributed by atoms with Crippen LogP contribution in [0.1, 0.15) is 25.0 Å². The van der Waals surface area contributed by atoms with Crippen molar-refractivity contribution >= 4 is 5.69 Å². The van der Waals surface area contributed by atoms with Gasteiger partial charge in [0.15, 0.2) is 0 Å². The standard InChI is InChI=1S/C17H22N2O/c1-5-13-11-12(3)17(20)18-16(13)14-7-9-15(10-8-14)19(4)6-2/h7-11H,5-6H2,1-4H3,(H,18,20). The van der Waals surface area contributed by atoms with Crippen LogP contribution in [0.4, 0.5) is 5.69 Å². The Labute approximate surface area is 120 Å². The van der Waals surface area contributed by atoms with Crippen LogP contribution in [-0.2, 0) is 6.42 Å². The van der Waals surface area contributed by atoms with Gasteiger partial charge in [0, 0.05) is 24.8 Å². The summed E-state index contributed by atoms with van der Waals surface area (Å²) in [6.07, 6.45) is 0.906. The number of hydrogen-bond acceptors (Lipinski definition) is 2. The Kier molecular flexibility index (Phi) is 4.28. The van der Waals surface area contributed by atoms with Gasteiger partial charge in [0.2, 0.25) is 0 Å². The minimum atomic E-state index is -0.00745. The fourth-order valence-electron chi connectivity index (χ4n) is 2.29. The lowest BCUT2D eigenvalue weighted by Crippen LogP contribution is -2.15. The molecule has 2 rings (SSSR count). The summed E-state index contributed by atoms with van der Waals surface area (Å²) in [7, 11) is 2.07. The average Bonchev–Trinajstić information content (AvgIpc) is 2.49. The molecule has 1 N–H and O–H groups in total. The molecule has 106 valence electrons. The van der Waals surface area contributed by atoms with Gasteiger partial charge in [0.25, 0.3) is 5.56 Å². The number of hydrogen-bond donors (Lipinski definition) is 1. The lowest BCUT2D eigenvalue weighted by molar-refractivity contribution is 0.968. The molecule has 0 aliphatic rings. The van der Waals surface area contributed by atoms with Crippen molar-refractivity contribution in [1.29, 1.82) is 0 Å². The van der Waals surface area contributed by atoms with Crippen molar-refractivity contribution in [3.63, 3.8) is 0 Å². The van der Waals surface area contributed by atoms with Gasteiger partial charge < -0.3 is 9.88 Å². The third-order valence-electron chi connectivity index (χ3n) is 3.76. The zero-order chi connectivity index (χ0) is 14.7. The summed E-state index contributed by atoms with van der Waals surface area (Å²) in [6.45, 7) is 7.05. The van der Waals surface area contributed by atoms with E-state index in [0.717, 1.165) is 29.8 Å². The molecule has 0 spiro atoms. The van der Waals surface area contributed by atoms with E-state index >= 15 is 0 Å². The van der Waals surface area contributed by atoms with Gasteiger partial charge in [0.1, 0.15) is 0 Å². The van der Waals surface area contributed by atoms with Crippen molar-refractivity contribution in [2.45, 2.75) is 27.2 Å². The van der Waals surface area contributed by atoms with Crippen LogP contribution in [0.3, 0.4) is 0 Å². The highest BCUT2D eigenvalue weighted by molar-refractivity contribution is 5.66. The molecule has 1 heterocycles. The minimum absolute atomic E-state index is 0.00745. The molecule has 3 nitrogen and oxygen atoms in total. The van der Waals surface area contributed by atoms with E-state index in [4.69, 9.17) is 0 Å². The highest BCUT2D eigenvalue weighted by Gasteiger charge is 2.08. The molecule has 0 amide bonds. The molecule has 1 aromatic heterocycles. The molecule has 2 aromatic rings. The number of rotatable bonds is 4. The van der Waals surface area contributed by atoms with Crippen LogP contribution in [-0.4, -0.2) is 18.6 Å². The molecule has 20 heavy (non-hydrogen) atoms. The molecule has 0 unspecified atom stereocenters. The molecule has 0 fully saturated rings. The van der Waals surface area contributed by atoms with Gasteiger partial charge in [0.05, 0.1) is 5.69 Å². The first-order valence-electron chi connectivity index (χ1n) is 7.11. The fourth-order valence-corrected chi connectivity index (χ4v) is 2.29. The second-order valence-corrected chi connectivity index (χ2v) is 5.10. The fraction of sp³-hybridized carbons (Fsp3) is 0.353. The Morgan fingerprint density at radius 2 is 1.80 bits per heavy atom. The van der Waals surface area contributed by atoms with Gasteiger partial charge in [-0.3, -0.25) is 4.79 Å². The second kappa shape index (κ2) is 5.95. The molecule has 0 bridgehead atoms. The number of aromatic nitrogens is 1. The topological polar surface area (TPSA) is 36.1 Å². The van der Waals surface area contributed by atoms with Gasteiger partial charge in [-0.2, -0.15) is 0 Å². The van der Waals surface area contributed by atoms with Crippen LogP contribution in [0.25, 0.3) is 11.3 Å². The van der Waals surface area contributed by atoms with Gasteiger partial charge in [-0.1, -0.05) is 19.1 Å². The Bertz CT molecular complexity index is 641. The van der Waals surface area contributed by atoms with Crippen molar-refractivity contribution in [1.82, 2.24) is 4.98 Å². The molecule has 0 aliphatic carbocycles. The predicted molar refractivity (Wildman–Crippen MR) is 85.6 cm³/mol. The maximum absolute atomic E-state index is 11.8. The zero-order valence-corrected chi connectivity index (χ0v) is 12.7. The van der Waals surface area contributed by atoms with Crippen LogP contribution in [0.15, 0.2) is 35.1 Å². The number of nitrogens with one attached hydrogen (secondary N) is 1. The highest BCUT2D eigenvalue weighted by Crippen LogP contribution is 2.24. The number of H-pyrrole nitrogens is 1. The number of aromatic amines is 1. The number of benzene rings is 1. The van der Waals surface area contributed by atoms with Crippen LogP contribution >= 0.6 is 0 Å². The predicted octanol–water partition coefficient (Wildman–Crippen LogP) is 3.37. The first-order chi connectivity index (χ1) is 9.56. The monoisotopic (exact) mass is 270 g/mol. The van der Waals surface area contributed by atoms with Gasteiger partial charge >= 0.3 is 0 Å². The summed E-state index contributed by atoms with van der Waals surface area (Å²) in [5.74, 6) is 0. The van der Waals surface area contributed by atoms with E-state index in [-0.39, 0.29) is 5.56 Å². The molecular formula is C17H22N2O. The third-order valence-corrected chi connectivity index (χ3v) is 3.76. The second-order valence-electron chi connectivity index (χ2n) is 5.10. The van der Waals surface area contributed by atoms with Crippen molar-refractivity contribution in [3.05, 3.63) is 51.8 Å². The third kappa shape index (κ3) is 2.77. The van der Waals surface area contributed by atoms with E-state index in [1.54, 1.807) is 0 Å². The van der Waals surface area contributed by atoms with Crippen molar-refractivity contribution in [2.75, 3.05) is 18.5 Å². The molecule has 0 aliphatic heterocycles. The van der Waals surface area contributed by atoms with Gasteiger partial charge in [-0.05, 0) is 49.6 Å². The molecule has 3 heteroatoms. The SMILES string of the molecule is CCc1cc(C)c(=O)[nH]c1-c1ccc(N(C)CC)cc1. The average molecular weight is 270 g/mol. The van der Waals surface area contributed by atoms with Crippen LogP contribution in [0, 0.1) is 6.92 Å². The van der Waals surface area contributed by atoms with E-state index in [9.17, 15) is 4.79 Å². The lowest BCUT2D eigenvalue weighted by Gasteiger charge is -2.17. The summed E-state index contributed by atoms with van der Waals surface area (Å²) in [5.41, 5.74) is 5.13. The van der Waals surface area contributed by atoms with E-state index in [2.05, 4.69) is 55.0 Å². The Balaban J connectivity index is 2.46. The van der Waals surface area contributed by atoms with Crippen LogP contribution in [0.5, 0.6) is 0 Å². The molecule has 0 atom stereocenters. The number of anilines is 1. The van der Waals surface area contributed by atoms with E-state index in [1.807, 2.05) is 13.0 Å². The normalized spacial score (nSPS) is 10.6. The number of nitrogens with zero attached hydrogens (tertiary/aromatic N) is 1. The molecule has 0 radical (unpaired) electrons. The highest BCUT2D eigenvalue weighted by atomic mass is 16.1. The summed E-state index contributed by atoms with van der Waals surface area (Å²) in [5, 5.41) is 0. The van der Waals surface area contributed by atoms with Gasteiger partial charge in [-0.15, -0.1) is 0 Å². The summed E-state index contributed by atoms with van der Waals surface area (Å²) in [6, 6.07) is 10.3. The van der Waals surface area contributed by atoms with Crippen LogP contribution < -0.4 is 10.5 Å². The molecule has 1 aromatic carbocycles. The maximum atomic E-state index is 11.8. The number of pyridine rings is 1. The van der Waals surface area contributed by atoms with E-state index < -0.39 is 0 Å². The van der Waals surface area contributed by atoms with Crippen molar-refractivity contribution < 1.29 is 0 Å². The Morgan fingerprint density at radius 3 is 2.35 bits per heavy atom. The summed E-state index contributed by atoms with van der Waals surface area (Å²) < 4.78 is 0. The summed E-state index contributed by atoms with van der Waals surface area (Å²) in [4.78, 5) is 17.0. The largest absolute Gasteiger partial charge is 0.375 e. The van der Waals surface area contributed by atoms with Crippen LogP contribution in [0.2, 0.25) is 0 Å². The van der Waals surface area contributed by atoms with Gasteiger partial charge in [-0.25, -0.2) is 0 Å². The molecular weight excluding hydrogens is 248 g/mol.